The van der Waals surface area contributed by atoms with Gasteiger partial charge in [-0.05, 0) is 23.3 Å². The van der Waals surface area contributed by atoms with E-state index in [0.717, 1.165) is 11.1 Å². The van der Waals surface area contributed by atoms with E-state index in [1.165, 1.54) is 0 Å². The number of carboxylic acids is 2. The molecule has 2 aliphatic carbocycles. The van der Waals surface area contributed by atoms with Crippen molar-refractivity contribution >= 4 is 11.9 Å². The molecule has 2 aliphatic rings. The second-order valence-electron chi connectivity index (χ2n) is 3.70. The molecule has 0 radical (unpaired) electrons. The van der Waals surface area contributed by atoms with Crippen LogP contribution in [0.1, 0.15) is 20.7 Å². The van der Waals surface area contributed by atoms with Crippen LogP contribution in [0.5, 0.6) is 0 Å². The molecule has 0 amide bonds. The number of carbonyl (C=O) groups is 2. The number of rotatable bonds is 2. The highest BCUT2D eigenvalue weighted by Crippen LogP contribution is 2.42. The molecular formula is C14H10O4. The molecule has 0 saturated heterocycles. The monoisotopic (exact) mass is 242 g/mol. The molecule has 0 aromatic heterocycles. The molecule has 0 bridgehead atoms. The lowest BCUT2D eigenvalue weighted by atomic mass is 10.2. The second-order valence-corrected chi connectivity index (χ2v) is 3.70. The number of hydrogen-bond donors (Lipinski definition) is 2. The highest BCUT2D eigenvalue weighted by Gasteiger charge is 2.28. The maximum atomic E-state index is 10.2. The van der Waals surface area contributed by atoms with Crippen LogP contribution in [-0.4, -0.2) is 22.2 Å². The first-order valence-electron chi connectivity index (χ1n) is 5.26. The van der Waals surface area contributed by atoms with Crippen LogP contribution < -0.4 is 0 Å². The van der Waals surface area contributed by atoms with Crippen LogP contribution in [0.25, 0.3) is 11.1 Å². The average Bonchev–Trinajstić information content (AvgIpc) is 2.87. The largest absolute Gasteiger partial charge is 0.478 e. The quantitative estimate of drug-likeness (QED) is 0.724. The summed E-state index contributed by atoms with van der Waals surface area (Å²) in [7, 11) is 0. The molecule has 4 nitrogen and oxygen atoms in total. The summed E-state index contributed by atoms with van der Waals surface area (Å²) in [6.07, 6.45) is 0. The molecule has 0 unspecified atom stereocenters. The van der Waals surface area contributed by atoms with Gasteiger partial charge in [-0.25, -0.2) is 9.59 Å². The van der Waals surface area contributed by atoms with Gasteiger partial charge in [0.2, 0.25) is 0 Å². The summed E-state index contributed by atoms with van der Waals surface area (Å²) in [6.45, 7) is 0. The van der Waals surface area contributed by atoms with Crippen molar-refractivity contribution in [2.24, 2.45) is 0 Å². The van der Waals surface area contributed by atoms with Crippen LogP contribution in [-0.2, 0) is 0 Å². The van der Waals surface area contributed by atoms with E-state index in [9.17, 15) is 9.59 Å². The van der Waals surface area contributed by atoms with Gasteiger partial charge in [-0.15, -0.1) is 0 Å². The van der Waals surface area contributed by atoms with Gasteiger partial charge < -0.3 is 10.2 Å². The lowest BCUT2D eigenvalue weighted by Crippen LogP contribution is -1.93. The highest BCUT2D eigenvalue weighted by molar-refractivity contribution is 6.13. The first-order chi connectivity index (χ1) is 8.61. The Morgan fingerprint density at radius 3 is 1.61 bits per heavy atom. The third-order valence-corrected chi connectivity index (χ3v) is 2.53. The summed E-state index contributed by atoms with van der Waals surface area (Å²) in [4.78, 5) is 20.4. The summed E-state index contributed by atoms with van der Waals surface area (Å²) < 4.78 is 0. The van der Waals surface area contributed by atoms with Crippen molar-refractivity contribution < 1.29 is 19.8 Å². The predicted molar refractivity (Wildman–Crippen MR) is 65.8 cm³/mol. The Balaban J connectivity index is 0.000000134. The molecule has 0 fully saturated rings. The van der Waals surface area contributed by atoms with Crippen molar-refractivity contribution in [3.8, 4) is 11.1 Å². The van der Waals surface area contributed by atoms with Crippen molar-refractivity contribution in [1.82, 2.24) is 0 Å². The fourth-order valence-electron chi connectivity index (χ4n) is 1.62. The van der Waals surface area contributed by atoms with Crippen molar-refractivity contribution in [3.05, 3.63) is 59.7 Å². The maximum absolute atomic E-state index is 10.2. The zero-order valence-corrected chi connectivity index (χ0v) is 9.33. The number of fused-ring (bicyclic) bond motifs is 1. The Kier molecular flexibility index (Phi) is 3.10. The zero-order valence-electron chi connectivity index (χ0n) is 9.33. The normalized spacial score (nSPS) is 10.0. The SMILES string of the molecule is O=C(O)c1c2cccc1-2.O=C(O)c1ccccc1. The van der Waals surface area contributed by atoms with Gasteiger partial charge in [-0.3, -0.25) is 0 Å². The van der Waals surface area contributed by atoms with E-state index in [4.69, 9.17) is 10.2 Å². The third kappa shape index (κ3) is 2.38. The highest BCUT2D eigenvalue weighted by atomic mass is 16.4. The molecule has 4 heteroatoms. The minimum atomic E-state index is -0.879. The van der Waals surface area contributed by atoms with E-state index in [-0.39, 0.29) is 0 Å². The van der Waals surface area contributed by atoms with Crippen LogP contribution in [0.2, 0.25) is 0 Å². The second kappa shape index (κ2) is 4.71. The number of aromatic carboxylic acids is 2. The molecule has 2 N–H and O–H groups in total. The number of hydrogen-bond acceptors (Lipinski definition) is 2. The van der Waals surface area contributed by atoms with E-state index in [1.807, 2.05) is 18.2 Å². The van der Waals surface area contributed by atoms with Crippen LogP contribution in [0.4, 0.5) is 0 Å². The Morgan fingerprint density at radius 2 is 1.28 bits per heavy atom. The van der Waals surface area contributed by atoms with Crippen LogP contribution in [0.15, 0.2) is 48.5 Å². The Labute approximate surface area is 103 Å². The first kappa shape index (κ1) is 11.9. The van der Waals surface area contributed by atoms with Gasteiger partial charge in [0, 0.05) is 0 Å². The molecular weight excluding hydrogens is 232 g/mol. The third-order valence-electron chi connectivity index (χ3n) is 2.53. The van der Waals surface area contributed by atoms with Gasteiger partial charge >= 0.3 is 11.9 Å². The predicted octanol–water partition coefficient (Wildman–Crippen LogP) is 2.75. The zero-order chi connectivity index (χ0) is 13.1. The maximum Gasteiger partial charge on any atom is 0.336 e. The summed E-state index contributed by atoms with van der Waals surface area (Å²) >= 11 is 0. The van der Waals surface area contributed by atoms with Crippen molar-refractivity contribution in [3.63, 3.8) is 0 Å². The summed E-state index contributed by atoms with van der Waals surface area (Å²) in [6, 6.07) is 13.8. The average molecular weight is 242 g/mol. The van der Waals surface area contributed by atoms with Crippen molar-refractivity contribution in [2.75, 3.05) is 0 Å². The smallest absolute Gasteiger partial charge is 0.336 e. The van der Waals surface area contributed by atoms with E-state index >= 15 is 0 Å². The van der Waals surface area contributed by atoms with E-state index in [2.05, 4.69) is 0 Å². The van der Waals surface area contributed by atoms with Crippen LogP contribution >= 0.6 is 0 Å². The molecule has 0 saturated carbocycles. The molecule has 90 valence electrons. The van der Waals surface area contributed by atoms with Gasteiger partial charge in [-0.2, -0.15) is 0 Å². The Hall–Kier alpha value is -2.62. The van der Waals surface area contributed by atoms with Crippen LogP contribution in [0.3, 0.4) is 0 Å². The molecule has 0 atom stereocenters. The van der Waals surface area contributed by atoms with E-state index < -0.39 is 11.9 Å². The molecule has 1 aromatic rings. The molecule has 0 aliphatic heterocycles. The fraction of sp³-hybridized carbons (Fsp3) is 0. The summed E-state index contributed by atoms with van der Waals surface area (Å²) in [5.41, 5.74) is 2.64. The van der Waals surface area contributed by atoms with Gasteiger partial charge in [-0.1, -0.05) is 36.4 Å². The number of benzene rings is 2. The number of carboxylic acid groups (broad SMARTS) is 2. The molecule has 1 aromatic carbocycles. The minimum Gasteiger partial charge on any atom is -0.478 e. The first-order valence-corrected chi connectivity index (χ1v) is 5.26. The van der Waals surface area contributed by atoms with Gasteiger partial charge in [0.1, 0.15) is 0 Å². The molecule has 0 spiro atoms. The van der Waals surface area contributed by atoms with Crippen molar-refractivity contribution in [2.45, 2.75) is 0 Å². The van der Waals surface area contributed by atoms with Crippen LogP contribution in [0, 0.1) is 0 Å². The standard InChI is InChI=1S/C7H4O2.C7H6O2/c8-7(9)6-4-2-1-3-5(4)6;8-7(9)6-4-2-1-3-5-6/h1-3H,(H,8,9);1-5H,(H,8,9). The Morgan fingerprint density at radius 1 is 0.722 bits per heavy atom. The topological polar surface area (TPSA) is 74.6 Å². The van der Waals surface area contributed by atoms with Gasteiger partial charge in [0.05, 0.1) is 11.1 Å². The van der Waals surface area contributed by atoms with Gasteiger partial charge in [0.15, 0.2) is 0 Å². The molecule has 0 heterocycles. The lowest BCUT2D eigenvalue weighted by Gasteiger charge is -1.88. The fourth-order valence-corrected chi connectivity index (χ4v) is 1.62. The molecule has 3 rings (SSSR count). The minimum absolute atomic E-state index is 0.331. The Bertz CT molecular complexity index is 570. The van der Waals surface area contributed by atoms with E-state index in [1.54, 1.807) is 30.3 Å². The summed E-state index contributed by atoms with van der Waals surface area (Å²) in [5, 5.41) is 16.8. The lowest BCUT2D eigenvalue weighted by molar-refractivity contribution is 0.0688. The van der Waals surface area contributed by atoms with E-state index in [0.29, 0.717) is 11.1 Å². The van der Waals surface area contributed by atoms with Crippen molar-refractivity contribution in [1.29, 1.82) is 0 Å². The van der Waals surface area contributed by atoms with Gasteiger partial charge in [0.25, 0.3) is 0 Å². The molecule has 18 heavy (non-hydrogen) atoms. The summed E-state index contributed by atoms with van der Waals surface area (Å²) in [5.74, 6) is -1.68.